The van der Waals surface area contributed by atoms with Gasteiger partial charge in [0.05, 0.1) is 18.0 Å². The van der Waals surface area contributed by atoms with Crippen LogP contribution in [-0.2, 0) is 0 Å². The predicted molar refractivity (Wildman–Crippen MR) is 83.1 cm³/mol. The molecule has 0 saturated heterocycles. The summed E-state index contributed by atoms with van der Waals surface area (Å²) < 4.78 is 0. The van der Waals surface area contributed by atoms with Gasteiger partial charge in [0.25, 0.3) is 5.91 Å². The van der Waals surface area contributed by atoms with E-state index in [0.717, 1.165) is 25.1 Å². The molecule has 1 rings (SSSR count). The number of unbranched alkanes of at least 4 members (excludes halogenated alkanes) is 1. The van der Waals surface area contributed by atoms with Gasteiger partial charge in [-0.25, -0.2) is 0 Å². The van der Waals surface area contributed by atoms with Gasteiger partial charge in [-0.3, -0.25) is 4.79 Å². The summed E-state index contributed by atoms with van der Waals surface area (Å²) in [6, 6.07) is 5.34. The summed E-state index contributed by atoms with van der Waals surface area (Å²) in [6.45, 7) is 3.61. The van der Waals surface area contributed by atoms with Crippen molar-refractivity contribution in [3.8, 4) is 0 Å². The number of rotatable bonds is 7. The molecule has 5 nitrogen and oxygen atoms in total. The molecule has 3 N–H and O–H groups in total. The van der Waals surface area contributed by atoms with Gasteiger partial charge < -0.3 is 20.6 Å². The number of hydrogen-bond acceptors (Lipinski definition) is 4. The summed E-state index contributed by atoms with van der Waals surface area (Å²) in [5, 5.41) is 9.16. The molecular weight excluding hydrogens is 254 g/mol. The van der Waals surface area contributed by atoms with E-state index in [1.165, 1.54) is 4.90 Å². The maximum atomic E-state index is 11.9. The van der Waals surface area contributed by atoms with Crippen LogP contribution in [0.15, 0.2) is 18.2 Å². The summed E-state index contributed by atoms with van der Waals surface area (Å²) >= 11 is 0. The van der Waals surface area contributed by atoms with Crippen LogP contribution in [0.2, 0.25) is 0 Å². The lowest BCUT2D eigenvalue weighted by Crippen LogP contribution is -2.29. The van der Waals surface area contributed by atoms with Gasteiger partial charge in [-0.15, -0.1) is 0 Å². The van der Waals surface area contributed by atoms with E-state index in [1.807, 2.05) is 6.07 Å². The molecule has 0 spiro atoms. The molecule has 1 aromatic carbocycles. The topological polar surface area (TPSA) is 69.8 Å². The van der Waals surface area contributed by atoms with E-state index in [2.05, 4.69) is 11.8 Å². The Bertz CT molecular complexity index is 447. The number of nitrogens with zero attached hydrogens (tertiary/aromatic N) is 2. The highest BCUT2D eigenvalue weighted by molar-refractivity contribution is 5.95. The monoisotopic (exact) mass is 279 g/mol. The van der Waals surface area contributed by atoms with Gasteiger partial charge in [-0.05, 0) is 24.6 Å². The van der Waals surface area contributed by atoms with Gasteiger partial charge in [-0.2, -0.15) is 0 Å². The third-order valence-corrected chi connectivity index (χ3v) is 3.17. The number of amides is 1. The van der Waals surface area contributed by atoms with Gasteiger partial charge in [0.2, 0.25) is 0 Å². The number of anilines is 2. The lowest BCUT2D eigenvalue weighted by molar-refractivity contribution is 0.0827. The molecule has 0 unspecified atom stereocenters. The predicted octanol–water partition coefficient (Wildman–Crippen LogP) is 1.57. The zero-order valence-electron chi connectivity index (χ0n) is 12.6. The molecule has 0 saturated carbocycles. The standard InChI is InChI=1S/C15H25N3O2/c1-4-5-8-18(9-10-19)14-7-6-12(11-13(14)16)15(20)17(2)3/h6-7,11,19H,4-5,8-10,16H2,1-3H3. The van der Waals surface area contributed by atoms with Gasteiger partial charge in [0, 0.05) is 32.7 Å². The lowest BCUT2D eigenvalue weighted by Gasteiger charge is -2.25. The molecule has 112 valence electrons. The Labute approximate surface area is 121 Å². The van der Waals surface area contributed by atoms with Crippen molar-refractivity contribution < 1.29 is 9.90 Å². The maximum Gasteiger partial charge on any atom is 0.253 e. The van der Waals surface area contributed by atoms with E-state index < -0.39 is 0 Å². The van der Waals surface area contributed by atoms with Crippen LogP contribution in [-0.4, -0.2) is 49.7 Å². The summed E-state index contributed by atoms with van der Waals surface area (Å²) in [4.78, 5) is 15.5. The van der Waals surface area contributed by atoms with Crippen molar-refractivity contribution in [1.29, 1.82) is 0 Å². The first-order chi connectivity index (χ1) is 9.51. The zero-order valence-corrected chi connectivity index (χ0v) is 12.6. The lowest BCUT2D eigenvalue weighted by atomic mass is 10.1. The van der Waals surface area contributed by atoms with Crippen LogP contribution in [0.4, 0.5) is 11.4 Å². The third-order valence-electron chi connectivity index (χ3n) is 3.17. The van der Waals surface area contributed by atoms with Gasteiger partial charge in [0.1, 0.15) is 0 Å². The Morgan fingerprint density at radius 1 is 1.30 bits per heavy atom. The third kappa shape index (κ3) is 4.13. The minimum Gasteiger partial charge on any atom is -0.397 e. The van der Waals surface area contributed by atoms with Crippen LogP contribution >= 0.6 is 0 Å². The molecule has 0 aliphatic rings. The molecule has 1 aromatic rings. The average molecular weight is 279 g/mol. The highest BCUT2D eigenvalue weighted by atomic mass is 16.3. The van der Waals surface area contributed by atoms with Crippen molar-refractivity contribution in [2.75, 3.05) is 44.4 Å². The number of aliphatic hydroxyl groups excluding tert-OH is 1. The van der Waals surface area contributed by atoms with E-state index >= 15 is 0 Å². The van der Waals surface area contributed by atoms with Gasteiger partial charge in [-0.1, -0.05) is 13.3 Å². The highest BCUT2D eigenvalue weighted by Crippen LogP contribution is 2.25. The Morgan fingerprint density at radius 3 is 2.50 bits per heavy atom. The van der Waals surface area contributed by atoms with Crippen molar-refractivity contribution in [3.63, 3.8) is 0 Å². The molecule has 0 bridgehead atoms. The van der Waals surface area contributed by atoms with Crippen LogP contribution < -0.4 is 10.6 Å². The SMILES string of the molecule is CCCCN(CCO)c1ccc(C(=O)N(C)C)cc1N. The van der Waals surface area contributed by atoms with E-state index in [1.54, 1.807) is 26.2 Å². The molecule has 20 heavy (non-hydrogen) atoms. The summed E-state index contributed by atoms with van der Waals surface area (Å²) in [5.41, 5.74) is 8.10. The number of carbonyl (C=O) groups is 1. The van der Waals surface area contributed by atoms with E-state index in [4.69, 9.17) is 10.8 Å². The Balaban J connectivity index is 2.97. The van der Waals surface area contributed by atoms with Crippen molar-refractivity contribution in [1.82, 2.24) is 4.90 Å². The maximum absolute atomic E-state index is 11.9. The van der Waals surface area contributed by atoms with Gasteiger partial charge in [0.15, 0.2) is 0 Å². The fraction of sp³-hybridized carbons (Fsp3) is 0.533. The minimum atomic E-state index is -0.0643. The normalized spacial score (nSPS) is 10.4. The molecule has 1 amide bonds. The van der Waals surface area contributed by atoms with Crippen LogP contribution in [0.25, 0.3) is 0 Å². The Morgan fingerprint density at radius 2 is 2.00 bits per heavy atom. The number of hydrogen-bond donors (Lipinski definition) is 2. The second kappa shape index (κ2) is 7.75. The summed E-state index contributed by atoms with van der Waals surface area (Å²) in [7, 11) is 3.43. The molecular formula is C15H25N3O2. The molecule has 0 aromatic heterocycles. The quantitative estimate of drug-likeness (QED) is 0.743. The van der Waals surface area contributed by atoms with E-state index in [0.29, 0.717) is 17.8 Å². The molecule has 0 atom stereocenters. The second-order valence-electron chi connectivity index (χ2n) is 5.04. The molecule has 0 fully saturated rings. The van der Waals surface area contributed by atoms with Crippen molar-refractivity contribution >= 4 is 17.3 Å². The Hall–Kier alpha value is -1.75. The summed E-state index contributed by atoms with van der Waals surface area (Å²) in [5.74, 6) is -0.0643. The first-order valence-corrected chi connectivity index (χ1v) is 6.98. The van der Waals surface area contributed by atoms with E-state index in [9.17, 15) is 4.79 Å². The number of benzene rings is 1. The molecule has 0 radical (unpaired) electrons. The van der Waals surface area contributed by atoms with Crippen LogP contribution in [0.1, 0.15) is 30.1 Å². The highest BCUT2D eigenvalue weighted by Gasteiger charge is 2.13. The molecule has 0 aliphatic heterocycles. The van der Waals surface area contributed by atoms with Crippen molar-refractivity contribution in [2.45, 2.75) is 19.8 Å². The van der Waals surface area contributed by atoms with Crippen LogP contribution in [0, 0.1) is 0 Å². The first-order valence-electron chi connectivity index (χ1n) is 6.98. The smallest absolute Gasteiger partial charge is 0.253 e. The second-order valence-corrected chi connectivity index (χ2v) is 5.04. The number of nitrogens with two attached hydrogens (primary N) is 1. The number of nitrogen functional groups attached to an aromatic ring is 1. The Kier molecular flexibility index (Phi) is 6.31. The fourth-order valence-corrected chi connectivity index (χ4v) is 2.06. The largest absolute Gasteiger partial charge is 0.397 e. The zero-order chi connectivity index (χ0) is 15.1. The number of aliphatic hydroxyl groups is 1. The van der Waals surface area contributed by atoms with Crippen LogP contribution in [0.3, 0.4) is 0 Å². The van der Waals surface area contributed by atoms with Crippen LogP contribution in [0.5, 0.6) is 0 Å². The summed E-state index contributed by atoms with van der Waals surface area (Å²) in [6.07, 6.45) is 2.12. The van der Waals surface area contributed by atoms with Crippen molar-refractivity contribution in [3.05, 3.63) is 23.8 Å². The average Bonchev–Trinajstić information content (AvgIpc) is 2.42. The molecule has 5 heteroatoms. The van der Waals surface area contributed by atoms with E-state index in [-0.39, 0.29) is 12.5 Å². The fourth-order valence-electron chi connectivity index (χ4n) is 2.06. The van der Waals surface area contributed by atoms with Crippen molar-refractivity contribution in [2.24, 2.45) is 0 Å². The molecule has 0 heterocycles. The van der Waals surface area contributed by atoms with Gasteiger partial charge >= 0.3 is 0 Å². The minimum absolute atomic E-state index is 0.0643. The first kappa shape index (κ1) is 16.3. The number of carbonyl (C=O) groups excluding carboxylic acids is 1. The molecule has 0 aliphatic carbocycles.